The number of benzene rings is 2. The number of halogens is 2. The Hall–Kier alpha value is -1.59. The van der Waals surface area contributed by atoms with E-state index in [-0.39, 0.29) is 16.7 Å². The third-order valence-corrected chi connectivity index (χ3v) is 4.37. The predicted octanol–water partition coefficient (Wildman–Crippen LogP) is 5.57. The van der Waals surface area contributed by atoms with E-state index in [1.54, 1.807) is 18.2 Å². The highest BCUT2D eigenvalue weighted by atomic mass is 79.9. The van der Waals surface area contributed by atoms with Crippen molar-refractivity contribution >= 4 is 38.9 Å². The first-order valence-corrected chi connectivity index (χ1v) is 7.64. The summed E-state index contributed by atoms with van der Waals surface area (Å²) in [5, 5.41) is 14.9. The van der Waals surface area contributed by atoms with Crippen LogP contribution in [0.15, 0.2) is 46.9 Å². The lowest BCUT2D eigenvalue weighted by Crippen LogP contribution is -2.10. The van der Waals surface area contributed by atoms with E-state index in [9.17, 15) is 10.1 Å². The van der Waals surface area contributed by atoms with Crippen molar-refractivity contribution in [2.45, 2.75) is 19.4 Å². The average molecular weight is 370 g/mol. The maximum Gasteiger partial charge on any atom is 0.269 e. The van der Waals surface area contributed by atoms with E-state index in [1.165, 1.54) is 6.07 Å². The molecule has 0 bridgehead atoms. The molecule has 6 heteroatoms. The maximum atomic E-state index is 10.9. The lowest BCUT2D eigenvalue weighted by atomic mass is 10.0. The van der Waals surface area contributed by atoms with Gasteiger partial charge in [0.15, 0.2) is 0 Å². The Kier molecular flexibility index (Phi) is 5.20. The van der Waals surface area contributed by atoms with Crippen LogP contribution in [-0.2, 0) is 0 Å². The summed E-state index contributed by atoms with van der Waals surface area (Å²) in [5.41, 5.74) is 1.90. The topological polar surface area (TPSA) is 55.2 Å². The van der Waals surface area contributed by atoms with Gasteiger partial charge in [-0.25, -0.2) is 0 Å². The van der Waals surface area contributed by atoms with Crippen LogP contribution in [0.4, 0.5) is 11.4 Å². The molecule has 110 valence electrons. The predicted molar refractivity (Wildman–Crippen MR) is 88.9 cm³/mol. The fraction of sp³-hybridized carbons (Fsp3) is 0.200. The largest absolute Gasteiger partial charge is 0.378 e. The summed E-state index contributed by atoms with van der Waals surface area (Å²) in [7, 11) is 0. The van der Waals surface area contributed by atoms with Crippen LogP contribution in [-0.4, -0.2) is 4.92 Å². The minimum absolute atomic E-state index is 0.00187. The van der Waals surface area contributed by atoms with Crippen molar-refractivity contribution in [3.63, 3.8) is 0 Å². The highest BCUT2D eigenvalue weighted by Gasteiger charge is 2.13. The van der Waals surface area contributed by atoms with Crippen molar-refractivity contribution < 1.29 is 4.92 Å². The van der Waals surface area contributed by atoms with Crippen LogP contribution >= 0.6 is 27.5 Å². The van der Waals surface area contributed by atoms with E-state index >= 15 is 0 Å². The van der Waals surface area contributed by atoms with Crippen LogP contribution in [0, 0.1) is 10.1 Å². The molecule has 21 heavy (non-hydrogen) atoms. The Labute approximate surface area is 136 Å². The van der Waals surface area contributed by atoms with Gasteiger partial charge in [-0.1, -0.05) is 30.7 Å². The molecule has 0 aliphatic rings. The zero-order valence-electron chi connectivity index (χ0n) is 11.3. The lowest BCUT2D eigenvalue weighted by Gasteiger charge is -2.19. The molecular weight excluding hydrogens is 356 g/mol. The van der Waals surface area contributed by atoms with Crippen LogP contribution in [0.5, 0.6) is 0 Å². The summed E-state index contributed by atoms with van der Waals surface area (Å²) in [5.74, 6) is 0. The van der Waals surface area contributed by atoms with Gasteiger partial charge in [0.1, 0.15) is 0 Å². The molecule has 0 fully saturated rings. The Morgan fingerprint density at radius 2 is 2.10 bits per heavy atom. The molecule has 0 aromatic heterocycles. The standard InChI is InChI=1S/C15H14BrClN2O2/c1-2-15(10-4-3-5-12(8-10)19(20)21)18-11-6-7-14(17)13(16)9-11/h3-9,15,18H,2H2,1H3. The maximum absolute atomic E-state index is 10.9. The molecule has 0 saturated carbocycles. The molecule has 0 heterocycles. The number of hydrogen-bond acceptors (Lipinski definition) is 3. The number of anilines is 1. The number of nitro groups is 1. The Balaban J connectivity index is 2.25. The monoisotopic (exact) mass is 368 g/mol. The number of hydrogen-bond donors (Lipinski definition) is 1. The fourth-order valence-electron chi connectivity index (χ4n) is 2.06. The number of non-ortho nitro benzene ring substituents is 1. The number of nitro benzene ring substituents is 1. The number of nitrogens with one attached hydrogen (secondary N) is 1. The van der Waals surface area contributed by atoms with Crippen LogP contribution in [0.1, 0.15) is 24.9 Å². The smallest absolute Gasteiger partial charge is 0.269 e. The van der Waals surface area contributed by atoms with E-state index in [1.807, 2.05) is 25.1 Å². The molecule has 1 N–H and O–H groups in total. The molecule has 1 unspecified atom stereocenters. The molecule has 2 aromatic rings. The lowest BCUT2D eigenvalue weighted by molar-refractivity contribution is -0.384. The first kappa shape index (κ1) is 15.8. The second-order valence-electron chi connectivity index (χ2n) is 4.59. The SMILES string of the molecule is CCC(Nc1ccc(Cl)c(Br)c1)c1cccc([N+](=O)[O-])c1. The summed E-state index contributed by atoms with van der Waals surface area (Å²) in [6, 6.07) is 12.3. The second kappa shape index (κ2) is 6.91. The summed E-state index contributed by atoms with van der Waals surface area (Å²) in [6.45, 7) is 2.03. The molecule has 2 aromatic carbocycles. The van der Waals surface area contributed by atoms with E-state index in [0.29, 0.717) is 5.02 Å². The van der Waals surface area contributed by atoms with Crippen molar-refractivity contribution in [2.75, 3.05) is 5.32 Å². The van der Waals surface area contributed by atoms with Crippen molar-refractivity contribution in [2.24, 2.45) is 0 Å². The van der Waals surface area contributed by atoms with E-state index in [2.05, 4.69) is 21.2 Å². The summed E-state index contributed by atoms with van der Waals surface area (Å²) in [4.78, 5) is 10.5. The highest BCUT2D eigenvalue weighted by molar-refractivity contribution is 9.10. The van der Waals surface area contributed by atoms with E-state index < -0.39 is 0 Å². The first-order valence-electron chi connectivity index (χ1n) is 6.47. The summed E-state index contributed by atoms with van der Waals surface area (Å²) < 4.78 is 0.808. The third-order valence-electron chi connectivity index (χ3n) is 3.15. The van der Waals surface area contributed by atoms with Gasteiger partial charge < -0.3 is 5.32 Å². The Bertz CT molecular complexity index is 664. The van der Waals surface area contributed by atoms with Crippen molar-refractivity contribution in [1.82, 2.24) is 0 Å². The zero-order valence-corrected chi connectivity index (χ0v) is 13.7. The molecule has 0 radical (unpaired) electrons. The van der Waals surface area contributed by atoms with Gasteiger partial charge in [0.2, 0.25) is 0 Å². The van der Waals surface area contributed by atoms with Gasteiger partial charge in [-0.05, 0) is 46.1 Å². The summed E-state index contributed by atoms with van der Waals surface area (Å²) >= 11 is 9.36. The molecule has 0 amide bonds. The number of nitrogens with zero attached hydrogens (tertiary/aromatic N) is 1. The van der Waals surface area contributed by atoms with Crippen molar-refractivity contribution in [1.29, 1.82) is 0 Å². The Morgan fingerprint density at radius 3 is 2.71 bits per heavy atom. The molecule has 0 aliphatic carbocycles. The normalized spacial score (nSPS) is 12.0. The van der Waals surface area contributed by atoms with Gasteiger partial charge in [0, 0.05) is 22.3 Å². The number of rotatable bonds is 5. The van der Waals surface area contributed by atoms with Crippen molar-refractivity contribution in [3.05, 3.63) is 67.6 Å². The minimum atomic E-state index is -0.380. The Morgan fingerprint density at radius 1 is 1.33 bits per heavy atom. The minimum Gasteiger partial charge on any atom is -0.378 e. The van der Waals surface area contributed by atoms with Gasteiger partial charge in [-0.3, -0.25) is 10.1 Å². The first-order chi connectivity index (χ1) is 10.0. The molecule has 1 atom stereocenters. The van der Waals surface area contributed by atoms with Crippen molar-refractivity contribution in [3.8, 4) is 0 Å². The molecular formula is C15H14BrClN2O2. The van der Waals surface area contributed by atoms with Crippen LogP contribution in [0.2, 0.25) is 5.02 Å². The molecule has 2 rings (SSSR count). The van der Waals surface area contributed by atoms with Gasteiger partial charge in [0.05, 0.1) is 16.0 Å². The van der Waals surface area contributed by atoms with Crippen LogP contribution in [0.25, 0.3) is 0 Å². The van der Waals surface area contributed by atoms with Gasteiger partial charge in [0.25, 0.3) is 5.69 Å². The highest BCUT2D eigenvalue weighted by Crippen LogP contribution is 2.29. The molecule has 0 saturated heterocycles. The zero-order chi connectivity index (χ0) is 15.4. The quantitative estimate of drug-likeness (QED) is 0.553. The third kappa shape index (κ3) is 3.95. The summed E-state index contributed by atoms with van der Waals surface area (Å²) in [6.07, 6.45) is 0.807. The van der Waals surface area contributed by atoms with E-state index in [0.717, 1.165) is 22.1 Å². The van der Waals surface area contributed by atoms with Crippen LogP contribution in [0.3, 0.4) is 0 Å². The second-order valence-corrected chi connectivity index (χ2v) is 5.85. The van der Waals surface area contributed by atoms with Crippen LogP contribution < -0.4 is 5.32 Å². The average Bonchev–Trinajstić information content (AvgIpc) is 2.48. The molecule has 0 aliphatic heterocycles. The van der Waals surface area contributed by atoms with Gasteiger partial charge in [-0.15, -0.1) is 0 Å². The molecule has 4 nitrogen and oxygen atoms in total. The fourth-order valence-corrected chi connectivity index (χ4v) is 2.56. The van der Waals surface area contributed by atoms with Gasteiger partial charge >= 0.3 is 0 Å². The van der Waals surface area contributed by atoms with E-state index in [4.69, 9.17) is 11.6 Å². The molecule has 0 spiro atoms. The van der Waals surface area contributed by atoms with Gasteiger partial charge in [-0.2, -0.15) is 0 Å².